The van der Waals surface area contributed by atoms with Crippen molar-refractivity contribution < 1.29 is 14.4 Å². The molecule has 0 aliphatic carbocycles. The summed E-state index contributed by atoms with van der Waals surface area (Å²) in [6.07, 6.45) is 0.832. The number of benzene rings is 1. The van der Waals surface area contributed by atoms with Crippen LogP contribution in [0.2, 0.25) is 0 Å². The first-order valence-corrected chi connectivity index (χ1v) is 7.77. The van der Waals surface area contributed by atoms with E-state index in [4.69, 9.17) is 0 Å². The summed E-state index contributed by atoms with van der Waals surface area (Å²) in [7, 11) is 0. The Labute approximate surface area is 137 Å². The normalized spacial score (nSPS) is 11.5. The quantitative estimate of drug-likeness (QED) is 0.702. The minimum absolute atomic E-state index is 0.169. The number of amides is 3. The fourth-order valence-electron chi connectivity index (χ4n) is 2.13. The third kappa shape index (κ3) is 6.50. The van der Waals surface area contributed by atoms with Crippen molar-refractivity contribution in [2.75, 3.05) is 13.1 Å². The molecule has 0 saturated heterocycles. The van der Waals surface area contributed by atoms with E-state index < -0.39 is 11.9 Å². The number of rotatable bonds is 7. The van der Waals surface area contributed by atoms with Gasteiger partial charge in [0.2, 0.25) is 11.8 Å². The van der Waals surface area contributed by atoms with Crippen molar-refractivity contribution >= 4 is 17.7 Å². The van der Waals surface area contributed by atoms with Gasteiger partial charge in [0.25, 0.3) is 5.91 Å². The summed E-state index contributed by atoms with van der Waals surface area (Å²) in [5, 5.41) is 7.81. The molecule has 1 aromatic rings. The van der Waals surface area contributed by atoms with Crippen LogP contribution in [0.1, 0.15) is 41.8 Å². The van der Waals surface area contributed by atoms with Gasteiger partial charge in [-0.2, -0.15) is 0 Å². The Morgan fingerprint density at radius 3 is 2.22 bits per heavy atom. The number of aryl methyl sites for hydroxylation is 2. The predicted molar refractivity (Wildman–Crippen MR) is 89.2 cm³/mol. The second-order valence-electron chi connectivity index (χ2n) is 5.64. The van der Waals surface area contributed by atoms with E-state index in [0.717, 1.165) is 17.5 Å². The van der Waals surface area contributed by atoms with Crippen LogP contribution in [0.4, 0.5) is 0 Å². The van der Waals surface area contributed by atoms with Gasteiger partial charge in [-0.05, 0) is 39.3 Å². The first-order chi connectivity index (χ1) is 10.8. The SMILES string of the molecule is CCCNC(=O)C(C)NC(=O)CNC(=O)c1cc(C)cc(C)c1. The van der Waals surface area contributed by atoms with E-state index in [9.17, 15) is 14.4 Å². The molecule has 0 aliphatic heterocycles. The summed E-state index contributed by atoms with van der Waals surface area (Å²) in [6.45, 7) is 7.78. The van der Waals surface area contributed by atoms with Crippen LogP contribution in [0, 0.1) is 13.8 Å². The molecule has 1 aromatic carbocycles. The lowest BCUT2D eigenvalue weighted by Crippen LogP contribution is -2.48. The van der Waals surface area contributed by atoms with Crippen LogP contribution in [-0.4, -0.2) is 36.9 Å². The summed E-state index contributed by atoms with van der Waals surface area (Å²) in [5.41, 5.74) is 2.49. The van der Waals surface area contributed by atoms with Crippen molar-refractivity contribution in [3.05, 3.63) is 34.9 Å². The number of carbonyl (C=O) groups is 3. The standard InChI is InChI=1S/C17H25N3O3/c1-5-6-18-16(22)13(4)20-15(21)10-19-17(23)14-8-11(2)7-12(3)9-14/h7-9,13H,5-6,10H2,1-4H3,(H,18,22)(H,19,23)(H,20,21). The van der Waals surface area contributed by atoms with Crippen LogP contribution in [0.15, 0.2) is 18.2 Å². The van der Waals surface area contributed by atoms with Crippen molar-refractivity contribution in [2.45, 2.75) is 40.2 Å². The van der Waals surface area contributed by atoms with Crippen LogP contribution < -0.4 is 16.0 Å². The zero-order valence-corrected chi connectivity index (χ0v) is 14.2. The van der Waals surface area contributed by atoms with Gasteiger partial charge in [0.05, 0.1) is 6.54 Å². The zero-order valence-electron chi connectivity index (χ0n) is 14.2. The highest BCUT2D eigenvalue weighted by Gasteiger charge is 2.15. The molecule has 6 heteroatoms. The molecule has 1 unspecified atom stereocenters. The van der Waals surface area contributed by atoms with Crippen molar-refractivity contribution in [1.82, 2.24) is 16.0 Å². The van der Waals surface area contributed by atoms with Gasteiger partial charge in [-0.3, -0.25) is 14.4 Å². The Bertz CT molecular complexity index is 564. The van der Waals surface area contributed by atoms with E-state index in [1.54, 1.807) is 19.1 Å². The fraction of sp³-hybridized carbons (Fsp3) is 0.471. The Morgan fingerprint density at radius 2 is 1.65 bits per heavy atom. The van der Waals surface area contributed by atoms with E-state index >= 15 is 0 Å². The molecule has 1 rings (SSSR count). The second-order valence-corrected chi connectivity index (χ2v) is 5.64. The van der Waals surface area contributed by atoms with Crippen LogP contribution in [0.25, 0.3) is 0 Å². The number of carbonyl (C=O) groups excluding carboxylic acids is 3. The van der Waals surface area contributed by atoms with Crippen LogP contribution in [0.3, 0.4) is 0 Å². The molecule has 0 saturated carbocycles. The number of nitrogens with one attached hydrogen (secondary N) is 3. The average molecular weight is 319 g/mol. The molecule has 6 nitrogen and oxygen atoms in total. The average Bonchev–Trinajstić information content (AvgIpc) is 2.49. The second kappa shape index (κ2) is 8.92. The monoisotopic (exact) mass is 319 g/mol. The zero-order chi connectivity index (χ0) is 17.4. The number of hydrogen-bond donors (Lipinski definition) is 3. The Balaban J connectivity index is 2.46. The highest BCUT2D eigenvalue weighted by atomic mass is 16.2. The lowest BCUT2D eigenvalue weighted by Gasteiger charge is -2.14. The molecule has 0 aromatic heterocycles. The highest BCUT2D eigenvalue weighted by molar-refractivity contribution is 5.97. The van der Waals surface area contributed by atoms with E-state index in [1.807, 2.05) is 26.8 Å². The molecule has 23 heavy (non-hydrogen) atoms. The molecular formula is C17H25N3O3. The molecule has 0 aliphatic rings. The molecular weight excluding hydrogens is 294 g/mol. The van der Waals surface area contributed by atoms with E-state index in [2.05, 4.69) is 16.0 Å². The molecule has 0 heterocycles. The summed E-state index contributed by atoms with van der Waals surface area (Å²) >= 11 is 0. The Kier molecular flexibility index (Phi) is 7.25. The summed E-state index contributed by atoms with van der Waals surface area (Å²) in [5.74, 6) is -0.947. The van der Waals surface area contributed by atoms with Crippen molar-refractivity contribution in [1.29, 1.82) is 0 Å². The van der Waals surface area contributed by atoms with Gasteiger partial charge in [-0.25, -0.2) is 0 Å². The lowest BCUT2D eigenvalue weighted by atomic mass is 10.1. The first-order valence-electron chi connectivity index (χ1n) is 7.77. The predicted octanol–water partition coefficient (Wildman–Crippen LogP) is 1.06. The van der Waals surface area contributed by atoms with E-state index in [1.165, 1.54) is 0 Å². The summed E-state index contributed by atoms with van der Waals surface area (Å²) in [4.78, 5) is 35.5. The lowest BCUT2D eigenvalue weighted by molar-refractivity contribution is -0.128. The van der Waals surface area contributed by atoms with Gasteiger partial charge in [0, 0.05) is 12.1 Å². The highest BCUT2D eigenvalue weighted by Crippen LogP contribution is 2.08. The van der Waals surface area contributed by atoms with Gasteiger partial charge >= 0.3 is 0 Å². The molecule has 1 atom stereocenters. The molecule has 126 valence electrons. The molecule has 0 spiro atoms. The van der Waals surface area contributed by atoms with Crippen LogP contribution >= 0.6 is 0 Å². The van der Waals surface area contributed by atoms with Crippen molar-refractivity contribution in [2.24, 2.45) is 0 Å². The summed E-state index contributed by atoms with van der Waals surface area (Å²) in [6, 6.07) is 4.87. The fourth-order valence-corrected chi connectivity index (χ4v) is 2.13. The van der Waals surface area contributed by atoms with Gasteiger partial charge in [0.15, 0.2) is 0 Å². The largest absolute Gasteiger partial charge is 0.354 e. The van der Waals surface area contributed by atoms with E-state index in [-0.39, 0.29) is 18.4 Å². The molecule has 0 fully saturated rings. The van der Waals surface area contributed by atoms with Gasteiger partial charge in [0.1, 0.15) is 6.04 Å². The molecule has 0 bridgehead atoms. The maximum atomic E-state index is 12.0. The van der Waals surface area contributed by atoms with Crippen LogP contribution in [-0.2, 0) is 9.59 Å². The Hall–Kier alpha value is -2.37. The Morgan fingerprint density at radius 1 is 1.04 bits per heavy atom. The van der Waals surface area contributed by atoms with Gasteiger partial charge < -0.3 is 16.0 Å². The third-order valence-electron chi connectivity index (χ3n) is 3.21. The third-order valence-corrected chi connectivity index (χ3v) is 3.21. The maximum Gasteiger partial charge on any atom is 0.251 e. The molecule has 3 N–H and O–H groups in total. The molecule has 0 radical (unpaired) electrons. The number of hydrogen-bond acceptors (Lipinski definition) is 3. The van der Waals surface area contributed by atoms with Gasteiger partial charge in [-0.15, -0.1) is 0 Å². The topological polar surface area (TPSA) is 87.3 Å². The van der Waals surface area contributed by atoms with Gasteiger partial charge in [-0.1, -0.05) is 24.1 Å². The van der Waals surface area contributed by atoms with Crippen LogP contribution in [0.5, 0.6) is 0 Å². The molecule has 3 amide bonds. The van der Waals surface area contributed by atoms with Crippen molar-refractivity contribution in [3.8, 4) is 0 Å². The minimum atomic E-state index is -0.632. The van der Waals surface area contributed by atoms with Crippen molar-refractivity contribution in [3.63, 3.8) is 0 Å². The summed E-state index contributed by atoms with van der Waals surface area (Å²) < 4.78 is 0. The minimum Gasteiger partial charge on any atom is -0.354 e. The van der Waals surface area contributed by atoms with E-state index in [0.29, 0.717) is 12.1 Å². The maximum absolute atomic E-state index is 12.0. The smallest absolute Gasteiger partial charge is 0.251 e. The first kappa shape index (κ1) is 18.7.